The molecule has 1 aliphatic heterocycles. The van der Waals surface area contributed by atoms with Gasteiger partial charge in [-0.15, -0.1) is 11.3 Å². The number of nitrogens with zero attached hydrogens (tertiary/aromatic N) is 3. The number of fused-ring (bicyclic) bond motifs is 1. The highest BCUT2D eigenvalue weighted by Gasteiger charge is 2.33. The van der Waals surface area contributed by atoms with Crippen molar-refractivity contribution in [3.05, 3.63) is 44.9 Å². The number of anilines is 1. The maximum absolute atomic E-state index is 13.2. The van der Waals surface area contributed by atoms with Crippen LogP contribution in [0.25, 0.3) is 10.2 Å². The van der Waals surface area contributed by atoms with Crippen molar-refractivity contribution < 1.29 is 9.59 Å². The fourth-order valence-electron chi connectivity index (χ4n) is 3.70. The molecular weight excluding hydrogens is 431 g/mol. The van der Waals surface area contributed by atoms with Crippen molar-refractivity contribution >= 4 is 62.3 Å². The Bertz CT molecular complexity index is 1070. The molecule has 1 aromatic carbocycles. The van der Waals surface area contributed by atoms with Gasteiger partial charge in [0.1, 0.15) is 10.9 Å². The quantitative estimate of drug-likeness (QED) is 0.617. The van der Waals surface area contributed by atoms with Gasteiger partial charge < -0.3 is 10.2 Å². The number of carbonyl (C=O) groups excluding carboxylic acids is 2. The van der Waals surface area contributed by atoms with Crippen molar-refractivity contribution in [3.8, 4) is 0 Å². The summed E-state index contributed by atoms with van der Waals surface area (Å²) in [6.07, 6.45) is 2.41. The number of aryl methyl sites for hydroxylation is 2. The van der Waals surface area contributed by atoms with Crippen LogP contribution >= 0.6 is 34.5 Å². The monoisotopic (exact) mass is 450 g/mol. The first-order chi connectivity index (χ1) is 13.8. The molecule has 1 saturated heterocycles. The summed E-state index contributed by atoms with van der Waals surface area (Å²) in [5.74, 6) is -0.324. The molecule has 3 aromatic rings. The van der Waals surface area contributed by atoms with E-state index in [2.05, 4.69) is 10.4 Å². The van der Waals surface area contributed by atoms with Gasteiger partial charge in [-0.3, -0.25) is 14.3 Å². The number of carbonyl (C=O) groups is 2. The molecule has 29 heavy (non-hydrogen) atoms. The molecule has 1 unspecified atom stereocenters. The van der Waals surface area contributed by atoms with E-state index in [1.807, 2.05) is 20.0 Å². The third-order valence-corrected chi connectivity index (χ3v) is 7.09. The number of likely N-dealkylation sites (tertiary alicyclic amines) is 1. The standard InChI is InChI=1S/C20H20Cl2N4O2S/c1-11-13-10-17(29-20(13)25(2)24-11)19(28)26-8-4-3-5-16(26)18(27)23-12-6-7-14(21)15(22)9-12/h6-7,9-10,16H,3-5,8H2,1-2H3,(H,23,27). The van der Waals surface area contributed by atoms with E-state index in [9.17, 15) is 9.59 Å². The van der Waals surface area contributed by atoms with Crippen LogP contribution in [0.2, 0.25) is 10.0 Å². The summed E-state index contributed by atoms with van der Waals surface area (Å²) in [6.45, 7) is 2.49. The topological polar surface area (TPSA) is 67.2 Å². The van der Waals surface area contributed by atoms with Crippen molar-refractivity contribution in [1.29, 1.82) is 0 Å². The first-order valence-electron chi connectivity index (χ1n) is 9.35. The molecule has 1 N–H and O–H groups in total. The predicted molar refractivity (Wildman–Crippen MR) is 117 cm³/mol. The summed E-state index contributed by atoms with van der Waals surface area (Å²) in [4.78, 5) is 29.5. The summed E-state index contributed by atoms with van der Waals surface area (Å²) in [6, 6.07) is 6.31. The summed E-state index contributed by atoms with van der Waals surface area (Å²) in [7, 11) is 1.87. The van der Waals surface area contributed by atoms with E-state index < -0.39 is 6.04 Å². The first kappa shape index (κ1) is 20.2. The third-order valence-electron chi connectivity index (χ3n) is 5.16. The number of aromatic nitrogens is 2. The Morgan fingerprint density at radius 3 is 2.72 bits per heavy atom. The van der Waals surface area contributed by atoms with E-state index in [1.54, 1.807) is 27.8 Å². The van der Waals surface area contributed by atoms with Crippen LogP contribution in [0.15, 0.2) is 24.3 Å². The van der Waals surface area contributed by atoms with Gasteiger partial charge in [0.2, 0.25) is 5.91 Å². The Kier molecular flexibility index (Phi) is 5.55. The van der Waals surface area contributed by atoms with Gasteiger partial charge in [0, 0.05) is 24.7 Å². The lowest BCUT2D eigenvalue weighted by Crippen LogP contribution is -2.49. The van der Waals surface area contributed by atoms with Gasteiger partial charge in [0.05, 0.1) is 20.6 Å². The average molecular weight is 451 g/mol. The molecule has 0 bridgehead atoms. The smallest absolute Gasteiger partial charge is 0.264 e. The van der Waals surface area contributed by atoms with Crippen LogP contribution in [0, 0.1) is 6.92 Å². The van der Waals surface area contributed by atoms with E-state index in [1.165, 1.54) is 11.3 Å². The van der Waals surface area contributed by atoms with Crippen molar-refractivity contribution in [2.24, 2.45) is 7.05 Å². The normalized spacial score (nSPS) is 17.0. The van der Waals surface area contributed by atoms with Gasteiger partial charge in [-0.05, 0) is 50.5 Å². The lowest BCUT2D eigenvalue weighted by atomic mass is 10.0. The fourth-order valence-corrected chi connectivity index (χ4v) is 5.08. The summed E-state index contributed by atoms with van der Waals surface area (Å²) in [5, 5.41) is 9.03. The van der Waals surface area contributed by atoms with E-state index in [-0.39, 0.29) is 11.8 Å². The molecule has 0 spiro atoms. The molecule has 6 nitrogen and oxygen atoms in total. The first-order valence-corrected chi connectivity index (χ1v) is 10.9. The molecule has 1 fully saturated rings. The highest BCUT2D eigenvalue weighted by atomic mass is 35.5. The molecule has 0 radical (unpaired) electrons. The number of hydrogen-bond donors (Lipinski definition) is 1. The van der Waals surface area contributed by atoms with Crippen LogP contribution in [0.4, 0.5) is 5.69 Å². The molecule has 9 heteroatoms. The fraction of sp³-hybridized carbons (Fsp3) is 0.350. The van der Waals surface area contributed by atoms with Gasteiger partial charge in [0.25, 0.3) is 5.91 Å². The minimum Gasteiger partial charge on any atom is -0.326 e. The van der Waals surface area contributed by atoms with Gasteiger partial charge >= 0.3 is 0 Å². The van der Waals surface area contributed by atoms with Crippen LogP contribution in [0.1, 0.15) is 34.6 Å². The number of thiophene rings is 1. The maximum Gasteiger partial charge on any atom is 0.264 e. The zero-order valence-corrected chi connectivity index (χ0v) is 18.4. The summed E-state index contributed by atoms with van der Waals surface area (Å²) >= 11 is 13.4. The molecular formula is C20H20Cl2N4O2S. The van der Waals surface area contributed by atoms with Gasteiger partial charge in [-0.1, -0.05) is 23.2 Å². The molecule has 4 rings (SSSR count). The number of rotatable bonds is 3. The number of piperidine rings is 1. The van der Waals surface area contributed by atoms with E-state index >= 15 is 0 Å². The average Bonchev–Trinajstić information content (AvgIpc) is 3.25. The largest absolute Gasteiger partial charge is 0.326 e. The SMILES string of the molecule is Cc1nn(C)c2sc(C(=O)N3CCCCC3C(=O)Nc3ccc(Cl)c(Cl)c3)cc12. The van der Waals surface area contributed by atoms with Crippen molar-refractivity contribution in [2.45, 2.75) is 32.2 Å². The Balaban J connectivity index is 1.57. The number of benzene rings is 1. The summed E-state index contributed by atoms with van der Waals surface area (Å²) < 4.78 is 1.79. The van der Waals surface area contributed by atoms with Crippen molar-refractivity contribution in [2.75, 3.05) is 11.9 Å². The van der Waals surface area contributed by atoms with Gasteiger partial charge in [-0.2, -0.15) is 5.10 Å². The molecule has 1 atom stereocenters. The third kappa shape index (κ3) is 3.86. The van der Waals surface area contributed by atoms with Crippen LogP contribution in [0.5, 0.6) is 0 Å². The number of amides is 2. The Morgan fingerprint density at radius 1 is 1.21 bits per heavy atom. The highest BCUT2D eigenvalue weighted by molar-refractivity contribution is 7.20. The Morgan fingerprint density at radius 2 is 2.00 bits per heavy atom. The number of halogens is 2. The highest BCUT2D eigenvalue weighted by Crippen LogP contribution is 2.31. The summed E-state index contributed by atoms with van der Waals surface area (Å²) in [5.41, 5.74) is 1.45. The Labute approximate surface area is 182 Å². The minimum absolute atomic E-state index is 0.111. The predicted octanol–water partition coefficient (Wildman–Crippen LogP) is 4.88. The van der Waals surface area contributed by atoms with Crippen LogP contribution in [-0.4, -0.2) is 39.1 Å². The van der Waals surface area contributed by atoms with E-state index in [0.29, 0.717) is 33.6 Å². The van der Waals surface area contributed by atoms with Gasteiger partial charge in [-0.25, -0.2) is 0 Å². The van der Waals surface area contributed by atoms with Crippen LogP contribution in [-0.2, 0) is 11.8 Å². The molecule has 1 aliphatic rings. The van der Waals surface area contributed by atoms with E-state index in [0.717, 1.165) is 28.8 Å². The zero-order chi connectivity index (χ0) is 20.7. The second kappa shape index (κ2) is 7.97. The van der Waals surface area contributed by atoms with Crippen molar-refractivity contribution in [3.63, 3.8) is 0 Å². The van der Waals surface area contributed by atoms with Crippen LogP contribution in [0.3, 0.4) is 0 Å². The molecule has 152 valence electrons. The zero-order valence-electron chi connectivity index (χ0n) is 16.0. The maximum atomic E-state index is 13.2. The number of hydrogen-bond acceptors (Lipinski definition) is 4. The Hall–Kier alpha value is -2.09. The number of nitrogens with one attached hydrogen (secondary N) is 1. The van der Waals surface area contributed by atoms with Gasteiger partial charge in [0.15, 0.2) is 0 Å². The minimum atomic E-state index is -0.518. The molecule has 0 saturated carbocycles. The van der Waals surface area contributed by atoms with Crippen LogP contribution < -0.4 is 5.32 Å². The molecule has 0 aliphatic carbocycles. The second-order valence-electron chi connectivity index (χ2n) is 7.17. The molecule has 3 heterocycles. The van der Waals surface area contributed by atoms with Crippen molar-refractivity contribution in [1.82, 2.24) is 14.7 Å². The second-order valence-corrected chi connectivity index (χ2v) is 9.01. The van der Waals surface area contributed by atoms with E-state index in [4.69, 9.17) is 23.2 Å². The molecule has 2 amide bonds. The lowest BCUT2D eigenvalue weighted by molar-refractivity contribution is -0.121. The molecule has 2 aromatic heterocycles. The lowest BCUT2D eigenvalue weighted by Gasteiger charge is -2.34.